The van der Waals surface area contributed by atoms with E-state index in [1.807, 2.05) is 17.2 Å². The number of urea groups is 1. The summed E-state index contributed by atoms with van der Waals surface area (Å²) >= 11 is 0. The van der Waals surface area contributed by atoms with E-state index in [1.165, 1.54) is 11.3 Å². The van der Waals surface area contributed by atoms with Crippen LogP contribution in [0.2, 0.25) is 0 Å². The van der Waals surface area contributed by atoms with Crippen molar-refractivity contribution in [3.05, 3.63) is 42.1 Å². The largest absolute Gasteiger partial charge is 0.490 e. The number of carbonyl (C=O) groups excluding carboxylic acids is 1. The molecule has 4 rings (SSSR count). The fraction of sp³-hybridized carbons (Fsp3) is 0.526. The molecule has 31 heavy (non-hydrogen) atoms. The Labute approximate surface area is 176 Å². The van der Waals surface area contributed by atoms with Gasteiger partial charge in [0.15, 0.2) is 0 Å². The van der Waals surface area contributed by atoms with Crippen LogP contribution in [0, 0.1) is 0 Å². The third-order valence-corrected chi connectivity index (χ3v) is 5.06. The van der Waals surface area contributed by atoms with E-state index in [-0.39, 0.29) is 12.1 Å². The highest BCUT2D eigenvalue weighted by Gasteiger charge is 2.38. The fourth-order valence-electron chi connectivity index (χ4n) is 3.61. The summed E-state index contributed by atoms with van der Waals surface area (Å²) in [5.74, 6) is -2.76. The summed E-state index contributed by atoms with van der Waals surface area (Å²) in [6, 6.07) is 4.25. The van der Waals surface area contributed by atoms with Gasteiger partial charge in [-0.25, -0.2) is 9.59 Å². The minimum absolute atomic E-state index is 0.0492. The van der Waals surface area contributed by atoms with Crippen molar-refractivity contribution < 1.29 is 32.3 Å². The van der Waals surface area contributed by atoms with Crippen molar-refractivity contribution in [2.75, 3.05) is 26.2 Å². The van der Waals surface area contributed by atoms with Gasteiger partial charge in [-0.1, -0.05) is 0 Å². The van der Waals surface area contributed by atoms with Crippen LogP contribution in [0.3, 0.4) is 0 Å². The highest BCUT2D eigenvalue weighted by atomic mass is 19.4. The zero-order valence-electron chi connectivity index (χ0n) is 16.7. The van der Waals surface area contributed by atoms with Crippen LogP contribution in [0.1, 0.15) is 30.1 Å². The number of likely N-dealkylation sites (tertiary alicyclic amines) is 1. The number of furan rings is 1. The van der Waals surface area contributed by atoms with E-state index in [4.69, 9.17) is 14.3 Å². The number of hydrogen-bond acceptors (Lipinski definition) is 5. The molecule has 2 N–H and O–H groups in total. The van der Waals surface area contributed by atoms with Gasteiger partial charge < -0.3 is 19.7 Å². The first-order valence-corrected chi connectivity index (χ1v) is 9.82. The van der Waals surface area contributed by atoms with Crippen LogP contribution in [-0.4, -0.2) is 69.0 Å². The third-order valence-electron chi connectivity index (χ3n) is 5.06. The Kier molecular flexibility index (Phi) is 7.21. The van der Waals surface area contributed by atoms with E-state index in [9.17, 15) is 18.0 Å². The van der Waals surface area contributed by atoms with Gasteiger partial charge >= 0.3 is 18.2 Å². The lowest BCUT2D eigenvalue weighted by Gasteiger charge is -2.34. The van der Waals surface area contributed by atoms with Gasteiger partial charge in [-0.2, -0.15) is 18.3 Å². The Morgan fingerprint density at radius 1 is 1.26 bits per heavy atom. The molecular weight excluding hydrogens is 419 g/mol. The fourth-order valence-corrected chi connectivity index (χ4v) is 3.61. The molecule has 1 saturated heterocycles. The molecule has 0 aromatic carbocycles. The molecule has 4 heterocycles. The van der Waals surface area contributed by atoms with Crippen molar-refractivity contribution in [2.24, 2.45) is 0 Å². The van der Waals surface area contributed by atoms with Gasteiger partial charge in [0.1, 0.15) is 0 Å². The monoisotopic (exact) mass is 443 g/mol. The Morgan fingerprint density at radius 3 is 2.58 bits per heavy atom. The SMILES string of the molecule is O=C(NCC1CN(Cc2ccoc2)Cc2ccnn21)N1CCCC1.O=C(O)C(F)(F)F. The van der Waals surface area contributed by atoms with Crippen LogP contribution in [-0.2, 0) is 17.9 Å². The van der Waals surface area contributed by atoms with Crippen molar-refractivity contribution in [3.63, 3.8) is 0 Å². The maximum absolute atomic E-state index is 12.2. The van der Waals surface area contributed by atoms with Gasteiger partial charge in [-0.05, 0) is 25.0 Å². The number of carboxylic acids is 1. The van der Waals surface area contributed by atoms with Crippen molar-refractivity contribution in [3.8, 4) is 0 Å². The van der Waals surface area contributed by atoms with Crippen LogP contribution >= 0.6 is 0 Å². The van der Waals surface area contributed by atoms with E-state index in [0.717, 1.165) is 45.6 Å². The number of amides is 2. The summed E-state index contributed by atoms with van der Waals surface area (Å²) in [5.41, 5.74) is 2.35. The van der Waals surface area contributed by atoms with Crippen LogP contribution in [0.25, 0.3) is 0 Å². The highest BCUT2D eigenvalue weighted by Crippen LogP contribution is 2.22. The molecule has 1 unspecified atom stereocenters. The number of rotatable bonds is 4. The highest BCUT2D eigenvalue weighted by molar-refractivity contribution is 5.74. The van der Waals surface area contributed by atoms with Crippen LogP contribution in [0.5, 0.6) is 0 Å². The standard InChI is InChI=1S/C17H23N5O2.C2HF3O2/c23-17(21-6-1-2-7-21)18-9-16-12-20(10-14-4-8-24-13-14)11-15-3-5-19-22(15)16;3-2(4,5)1(6)7/h3-5,8,13,16H,1-2,6-7,9-12H2,(H,18,23);(H,6,7). The van der Waals surface area contributed by atoms with Gasteiger partial charge in [-0.15, -0.1) is 0 Å². The summed E-state index contributed by atoms with van der Waals surface area (Å²) in [7, 11) is 0. The van der Waals surface area contributed by atoms with E-state index < -0.39 is 12.1 Å². The molecule has 2 amide bonds. The number of fused-ring (bicyclic) bond motifs is 1. The molecule has 170 valence electrons. The Balaban J connectivity index is 0.000000339. The molecule has 2 aromatic rings. The van der Waals surface area contributed by atoms with Gasteiger partial charge in [0.2, 0.25) is 0 Å². The van der Waals surface area contributed by atoms with Crippen molar-refractivity contribution in [1.29, 1.82) is 0 Å². The number of nitrogens with one attached hydrogen (secondary N) is 1. The third kappa shape index (κ3) is 6.23. The normalized spacial score (nSPS) is 18.8. The van der Waals surface area contributed by atoms with E-state index in [1.54, 1.807) is 12.5 Å². The number of carboxylic acid groups (broad SMARTS) is 1. The zero-order chi connectivity index (χ0) is 22.4. The summed E-state index contributed by atoms with van der Waals surface area (Å²) in [5, 5.41) is 14.7. The molecule has 0 radical (unpaired) electrons. The summed E-state index contributed by atoms with van der Waals surface area (Å²) in [6.45, 7) is 4.91. The molecule has 9 nitrogen and oxygen atoms in total. The average Bonchev–Trinajstić information content (AvgIpc) is 3.47. The Bertz CT molecular complexity index is 862. The van der Waals surface area contributed by atoms with Gasteiger partial charge in [0.25, 0.3) is 0 Å². The van der Waals surface area contributed by atoms with E-state index in [2.05, 4.69) is 26.1 Å². The van der Waals surface area contributed by atoms with Crippen LogP contribution in [0.4, 0.5) is 18.0 Å². The molecule has 0 spiro atoms. The lowest BCUT2D eigenvalue weighted by molar-refractivity contribution is -0.192. The molecular formula is C19H24F3N5O4. The van der Waals surface area contributed by atoms with Crippen LogP contribution < -0.4 is 5.32 Å². The molecule has 2 aliphatic rings. The van der Waals surface area contributed by atoms with Crippen molar-refractivity contribution >= 4 is 12.0 Å². The Morgan fingerprint density at radius 2 is 1.97 bits per heavy atom. The number of nitrogens with zero attached hydrogens (tertiary/aromatic N) is 4. The minimum Gasteiger partial charge on any atom is -0.475 e. The van der Waals surface area contributed by atoms with Crippen LogP contribution in [0.15, 0.2) is 35.3 Å². The molecule has 0 saturated carbocycles. The van der Waals surface area contributed by atoms with E-state index in [0.29, 0.717) is 6.54 Å². The summed E-state index contributed by atoms with van der Waals surface area (Å²) in [4.78, 5) is 25.4. The Hall–Kier alpha value is -3.02. The average molecular weight is 443 g/mol. The molecule has 1 fully saturated rings. The van der Waals surface area contributed by atoms with E-state index >= 15 is 0 Å². The lowest BCUT2D eigenvalue weighted by atomic mass is 10.1. The first kappa shape index (κ1) is 22.7. The smallest absolute Gasteiger partial charge is 0.475 e. The lowest BCUT2D eigenvalue weighted by Crippen LogP contribution is -2.45. The predicted octanol–water partition coefficient (Wildman–Crippen LogP) is 2.47. The molecule has 2 aliphatic heterocycles. The molecule has 0 bridgehead atoms. The van der Waals surface area contributed by atoms with Gasteiger partial charge in [0.05, 0.1) is 24.3 Å². The molecule has 0 aliphatic carbocycles. The molecule has 2 aromatic heterocycles. The quantitative estimate of drug-likeness (QED) is 0.753. The predicted molar refractivity (Wildman–Crippen MR) is 102 cm³/mol. The topological polar surface area (TPSA) is 104 Å². The summed E-state index contributed by atoms with van der Waals surface area (Å²) in [6.07, 6.45) is 2.47. The first-order valence-electron chi connectivity index (χ1n) is 9.82. The second-order valence-corrected chi connectivity index (χ2v) is 7.41. The number of alkyl halides is 3. The van der Waals surface area contributed by atoms with Gasteiger partial charge in [-0.3, -0.25) is 9.58 Å². The maximum atomic E-state index is 12.2. The molecule has 12 heteroatoms. The number of aliphatic carboxylic acids is 1. The summed E-state index contributed by atoms with van der Waals surface area (Å²) < 4.78 is 39.0. The van der Waals surface area contributed by atoms with Crippen molar-refractivity contribution in [1.82, 2.24) is 24.9 Å². The second kappa shape index (κ2) is 9.86. The number of aromatic nitrogens is 2. The minimum atomic E-state index is -5.08. The molecule has 1 atom stereocenters. The van der Waals surface area contributed by atoms with Crippen molar-refractivity contribution in [2.45, 2.75) is 38.1 Å². The van der Waals surface area contributed by atoms with Gasteiger partial charge in [0, 0.05) is 51.0 Å². The number of halogens is 3. The number of carbonyl (C=O) groups is 2. The second-order valence-electron chi connectivity index (χ2n) is 7.41. The first-order chi connectivity index (χ1) is 14.7. The zero-order valence-corrected chi connectivity index (χ0v) is 16.7. The maximum Gasteiger partial charge on any atom is 0.490 e. The number of hydrogen-bond donors (Lipinski definition) is 2.